The normalized spacial score (nSPS) is 14.9. The van der Waals surface area contributed by atoms with Crippen molar-refractivity contribution in [1.29, 1.82) is 0 Å². The van der Waals surface area contributed by atoms with Crippen LogP contribution in [0.25, 0.3) is 10.9 Å². The van der Waals surface area contributed by atoms with Crippen molar-refractivity contribution in [2.45, 2.75) is 178 Å². The van der Waals surface area contributed by atoms with Crippen LogP contribution in [0, 0.1) is 11.8 Å². The molecule has 2 aromatic heterocycles. The maximum atomic E-state index is 14.9. The smallest absolute Gasteiger partial charge is 0.327 e. The van der Waals surface area contributed by atoms with Crippen LogP contribution in [0.1, 0.15) is 103 Å². The number of aliphatic imine (C=N–C) groups is 1. The van der Waals surface area contributed by atoms with Crippen LogP contribution in [0.2, 0.25) is 0 Å². The molecule has 0 saturated carbocycles. The number of imidazole rings is 1. The highest BCUT2D eigenvalue weighted by Crippen LogP contribution is 2.21. The van der Waals surface area contributed by atoms with Gasteiger partial charge < -0.3 is 107 Å². The first kappa shape index (κ1) is 84.9. The second-order valence-electron chi connectivity index (χ2n) is 25.0. The molecule has 0 aliphatic rings. The number of nitrogens with zero attached hydrogens (tertiary/aromatic N) is 2. The Balaban J connectivity index is 1.64. The number of rotatable bonds is 44. The monoisotopic (exact) mass is 1480 g/mol. The number of aromatic amines is 2. The number of H-pyrrole nitrogens is 2. The quantitative estimate of drug-likeness (QED) is 0.00873. The van der Waals surface area contributed by atoms with Crippen molar-refractivity contribution in [2.24, 2.45) is 39.8 Å². The molecular weight excluding hydrogens is 1380 g/mol. The lowest BCUT2D eigenvalue weighted by Gasteiger charge is -2.29. The number of phenolic OH excluding ortho intramolecular Hbond substituents is 1. The molecule has 0 aliphatic heterocycles. The average Bonchev–Trinajstić information content (AvgIpc) is 1.81. The second-order valence-corrected chi connectivity index (χ2v) is 25.8. The standard InChI is InChI=1S/C65H95N19O17S2/c1-7-32(4)52(84-57(93)42(13-10-20-71-65(68)69)77-62(98)48(25-51(87)88)79-55(91)40(66)28-102)63(99)75-34(6)54(90)78-46(23-36-26-72-41-12-9-8-11-39(36)41)60(96)81-45(22-35-14-16-38(85)17-15-35)58(94)74-33(5)53(89)76-43(18-19-50(67)86)56(92)82-47(24-37-27-70-30-73-37)61(97)80-44(21-31(2)3)59(95)83-49(29-103)64(100)101/h8-9,11-12,14-17,26-27,30-34,40,42-49,52,72,85,102-103H,7,10,13,18-25,28-29,66H2,1-6H3,(H2,67,86)(H,70,73)(H,74,94)(H,75,99)(H,76,89)(H,77,98)(H,78,90)(H,79,91)(H,80,97)(H,81,96)(H,82,92)(H,83,95)(H,84,93)(H,87,88)(H,100,101)(H4,68,69,71)/t32-,33-,34-,40-,42-,43-,44-,45-,46-,47-,48-,49-,52-/m0/s1. The number of carbonyl (C=O) groups excluding carboxylic acids is 12. The van der Waals surface area contributed by atoms with Crippen LogP contribution in [0.5, 0.6) is 5.75 Å². The summed E-state index contributed by atoms with van der Waals surface area (Å²) in [5.74, 6) is -16.0. The van der Waals surface area contributed by atoms with Crippen LogP contribution in [-0.4, -0.2) is 210 Å². The Morgan fingerprint density at radius 1 is 0.553 bits per heavy atom. The van der Waals surface area contributed by atoms with Crippen LogP contribution in [0.3, 0.4) is 0 Å². The van der Waals surface area contributed by atoms with Gasteiger partial charge in [-0.15, -0.1) is 0 Å². The van der Waals surface area contributed by atoms with Crippen LogP contribution < -0.4 is 81.4 Å². The number of phenols is 1. The number of para-hydroxylation sites is 1. The van der Waals surface area contributed by atoms with Gasteiger partial charge in [0.1, 0.15) is 72.2 Å². The zero-order valence-corrected chi connectivity index (χ0v) is 59.6. The lowest BCUT2D eigenvalue weighted by atomic mass is 9.97. The third-order valence-corrected chi connectivity index (χ3v) is 17.0. The van der Waals surface area contributed by atoms with E-state index in [1.165, 1.54) is 50.6 Å². The maximum Gasteiger partial charge on any atom is 0.327 e. The number of amides is 12. The van der Waals surface area contributed by atoms with Gasteiger partial charge in [-0.05, 0) is 80.7 Å². The lowest BCUT2D eigenvalue weighted by molar-refractivity contribution is -0.142. The Morgan fingerprint density at radius 2 is 1.06 bits per heavy atom. The first-order chi connectivity index (χ1) is 48.6. The van der Waals surface area contributed by atoms with Gasteiger partial charge in [-0.2, -0.15) is 25.3 Å². The number of aromatic nitrogens is 3. The van der Waals surface area contributed by atoms with E-state index in [0.717, 1.165) is 0 Å². The molecule has 564 valence electrons. The number of carboxylic acids is 2. The Kier molecular flexibility index (Phi) is 34.7. The fourth-order valence-electron chi connectivity index (χ4n) is 10.3. The predicted octanol–water partition coefficient (Wildman–Crippen LogP) is -3.85. The summed E-state index contributed by atoms with van der Waals surface area (Å²) < 4.78 is 0. The zero-order chi connectivity index (χ0) is 76.8. The first-order valence-corrected chi connectivity index (χ1v) is 34.3. The molecule has 36 nitrogen and oxygen atoms in total. The van der Waals surface area contributed by atoms with Crippen molar-refractivity contribution < 1.29 is 82.4 Å². The van der Waals surface area contributed by atoms with Crippen LogP contribution in [-0.2, 0) is 86.4 Å². The molecule has 13 atom stereocenters. The molecule has 0 radical (unpaired) electrons. The number of hydrogen-bond acceptors (Lipinski definition) is 20. The molecule has 38 heteroatoms. The fourth-order valence-corrected chi connectivity index (χ4v) is 10.7. The van der Waals surface area contributed by atoms with Crippen molar-refractivity contribution in [3.63, 3.8) is 0 Å². The van der Waals surface area contributed by atoms with Gasteiger partial charge in [0.05, 0.1) is 18.8 Å². The Bertz CT molecular complexity index is 3630. The molecule has 24 N–H and O–H groups in total. The van der Waals surface area contributed by atoms with Crippen LogP contribution >= 0.6 is 25.3 Å². The van der Waals surface area contributed by atoms with E-state index >= 15 is 0 Å². The molecule has 0 unspecified atom stereocenters. The van der Waals surface area contributed by atoms with E-state index in [9.17, 15) is 82.4 Å². The summed E-state index contributed by atoms with van der Waals surface area (Å²) in [6.07, 6.45) is 1.79. The minimum Gasteiger partial charge on any atom is -0.508 e. The van der Waals surface area contributed by atoms with Crippen molar-refractivity contribution in [2.75, 3.05) is 18.1 Å². The van der Waals surface area contributed by atoms with Gasteiger partial charge in [-0.1, -0.05) is 64.4 Å². The zero-order valence-electron chi connectivity index (χ0n) is 57.8. The number of benzene rings is 2. The first-order valence-electron chi connectivity index (χ1n) is 33.0. The number of carboxylic acid groups (broad SMARTS) is 2. The van der Waals surface area contributed by atoms with E-state index in [4.69, 9.17) is 22.9 Å². The lowest BCUT2D eigenvalue weighted by Crippen LogP contribution is -2.61. The van der Waals surface area contributed by atoms with Gasteiger partial charge in [0.15, 0.2) is 5.96 Å². The Morgan fingerprint density at radius 3 is 1.62 bits per heavy atom. The number of nitrogens with two attached hydrogens (primary N) is 4. The Hall–Kier alpha value is -10.5. The summed E-state index contributed by atoms with van der Waals surface area (Å²) >= 11 is 7.97. The fraction of sp³-hybridized carbons (Fsp3) is 0.508. The summed E-state index contributed by atoms with van der Waals surface area (Å²) in [5.41, 5.74) is 24.1. The van der Waals surface area contributed by atoms with Gasteiger partial charge in [0, 0.05) is 72.7 Å². The molecule has 4 aromatic rings. The predicted molar refractivity (Wildman–Crippen MR) is 382 cm³/mol. The summed E-state index contributed by atoms with van der Waals surface area (Å²) in [4.78, 5) is 205. The molecule has 0 aliphatic carbocycles. The van der Waals surface area contributed by atoms with Crippen LogP contribution in [0.15, 0.2) is 72.2 Å². The van der Waals surface area contributed by atoms with E-state index < -0.39 is 181 Å². The minimum atomic E-state index is -1.72. The molecule has 0 bridgehead atoms. The topological polar surface area (TPSA) is 593 Å². The van der Waals surface area contributed by atoms with Crippen LogP contribution in [0.4, 0.5) is 0 Å². The highest BCUT2D eigenvalue weighted by atomic mass is 32.1. The number of aliphatic carboxylic acids is 2. The largest absolute Gasteiger partial charge is 0.508 e. The number of fused-ring (bicyclic) bond motifs is 1. The molecule has 0 saturated heterocycles. The number of guanidine groups is 1. The van der Waals surface area contributed by atoms with Crippen molar-refractivity contribution in [3.8, 4) is 5.75 Å². The van der Waals surface area contributed by atoms with Crippen molar-refractivity contribution >= 4 is 125 Å². The highest BCUT2D eigenvalue weighted by molar-refractivity contribution is 7.80. The van der Waals surface area contributed by atoms with E-state index in [1.54, 1.807) is 58.2 Å². The molecule has 2 aromatic carbocycles. The van der Waals surface area contributed by atoms with Gasteiger partial charge in [0.2, 0.25) is 70.9 Å². The molecule has 103 heavy (non-hydrogen) atoms. The van der Waals surface area contributed by atoms with Crippen molar-refractivity contribution in [1.82, 2.24) is 73.4 Å². The summed E-state index contributed by atoms with van der Waals surface area (Å²) in [5, 5.41) is 57.7. The van der Waals surface area contributed by atoms with Gasteiger partial charge in [-0.25, -0.2) is 9.78 Å². The third kappa shape index (κ3) is 28.5. The van der Waals surface area contributed by atoms with Gasteiger partial charge in [-0.3, -0.25) is 67.3 Å². The number of hydrogen-bond donors (Lipinski definition) is 22. The number of primary amides is 1. The van der Waals surface area contributed by atoms with Crippen molar-refractivity contribution in [3.05, 3.63) is 84.1 Å². The molecule has 0 fully saturated rings. The maximum absolute atomic E-state index is 14.9. The van der Waals surface area contributed by atoms with E-state index in [-0.39, 0.29) is 80.6 Å². The molecule has 0 spiro atoms. The second kappa shape index (κ2) is 42.0. The average molecular weight is 1480 g/mol. The van der Waals surface area contributed by atoms with Gasteiger partial charge in [0.25, 0.3) is 0 Å². The third-order valence-electron chi connectivity index (χ3n) is 16.2. The van der Waals surface area contributed by atoms with E-state index in [0.29, 0.717) is 27.7 Å². The summed E-state index contributed by atoms with van der Waals surface area (Å²) in [6.45, 7) is 9.32. The number of aromatic hydroxyl groups is 1. The molecule has 4 rings (SSSR count). The summed E-state index contributed by atoms with van der Waals surface area (Å²) in [7, 11) is 0. The molecule has 2 heterocycles. The molecular formula is C65H95N19O17S2. The Labute approximate surface area is 604 Å². The number of carbonyl (C=O) groups is 14. The van der Waals surface area contributed by atoms with E-state index in [2.05, 4.69) is 104 Å². The number of nitrogens with one attached hydrogen (secondary N) is 13. The van der Waals surface area contributed by atoms with E-state index in [1.807, 2.05) is 0 Å². The highest BCUT2D eigenvalue weighted by Gasteiger charge is 2.38. The number of thiol groups is 2. The SMILES string of the molecule is CC[C@H](C)[C@H](NC(=O)[C@H](CCCN=C(N)N)NC(=O)[C@H](CC(=O)O)NC(=O)[C@@H](N)CS)C(=O)N[C@@H](C)C(=O)N[C@@H](Cc1c[nH]c2ccccc12)C(=O)N[C@@H](Cc1ccc(O)cc1)C(=O)N[C@@H](C)C(=O)N[C@@H](CCC(N)=O)C(=O)N[C@@H](Cc1cnc[nH]1)C(=O)N[C@@H](CC(C)C)C(=O)N[C@@H](CS)C(=O)O. The summed E-state index contributed by atoms with van der Waals surface area (Å²) in [6, 6.07) is -5.33. The molecule has 12 amide bonds. The van der Waals surface area contributed by atoms with Gasteiger partial charge >= 0.3 is 11.9 Å². The minimum absolute atomic E-state index is 0.0276.